The molecule has 1 aliphatic rings. The van der Waals surface area contributed by atoms with Crippen molar-refractivity contribution in [3.63, 3.8) is 0 Å². The number of rotatable bonds is 5. The molecule has 2 aromatic carbocycles. The van der Waals surface area contributed by atoms with Crippen molar-refractivity contribution in [2.45, 2.75) is 10.6 Å². The number of amides is 1. The Hall–Kier alpha value is -2.49. The Morgan fingerprint density at radius 3 is 2.41 bits per heavy atom. The molecule has 0 aliphatic carbocycles. The lowest BCUT2D eigenvalue weighted by Crippen LogP contribution is -2.47. The predicted octanol–water partition coefficient (Wildman–Crippen LogP) is 2.61. The van der Waals surface area contributed by atoms with Gasteiger partial charge in [0.15, 0.2) is 9.84 Å². The average Bonchev–Trinajstić information content (AvgIpc) is 2.69. The molecule has 1 fully saturated rings. The molecule has 0 N–H and O–H groups in total. The van der Waals surface area contributed by atoms with Crippen LogP contribution in [-0.4, -0.2) is 62.3 Å². The molecule has 0 unspecified atom stereocenters. The van der Waals surface area contributed by atoms with Crippen LogP contribution >= 0.6 is 11.6 Å². The molecule has 29 heavy (non-hydrogen) atoms. The van der Waals surface area contributed by atoms with Crippen LogP contribution in [0.5, 0.6) is 0 Å². The van der Waals surface area contributed by atoms with Crippen LogP contribution in [0.25, 0.3) is 0 Å². The van der Waals surface area contributed by atoms with Crippen molar-refractivity contribution in [1.29, 1.82) is 0 Å². The standard InChI is InChI=1S/C19H20ClN3O5S/c1-21-8-10-22(11-9-21)19(24)14-6-7-18(17(12-14)23(25)26)29(27,28)13-15-4-2-3-5-16(15)20/h2-7,12H,8-11,13H2,1H3. The Morgan fingerprint density at radius 1 is 1.14 bits per heavy atom. The van der Waals surface area contributed by atoms with Gasteiger partial charge in [0.1, 0.15) is 4.90 Å². The first-order valence-corrected chi connectivity index (χ1v) is 10.9. The summed E-state index contributed by atoms with van der Waals surface area (Å²) in [6.07, 6.45) is 0. The molecule has 0 spiro atoms. The molecule has 1 aliphatic heterocycles. The molecule has 0 saturated carbocycles. The van der Waals surface area contributed by atoms with Crippen LogP contribution in [0.4, 0.5) is 5.69 Å². The summed E-state index contributed by atoms with van der Waals surface area (Å²) in [5.74, 6) is -0.824. The molecule has 3 rings (SSSR count). The molecule has 0 bridgehead atoms. The van der Waals surface area contributed by atoms with Crippen molar-refractivity contribution in [2.75, 3.05) is 33.2 Å². The number of benzene rings is 2. The third kappa shape index (κ3) is 4.75. The highest BCUT2D eigenvalue weighted by atomic mass is 35.5. The summed E-state index contributed by atoms with van der Waals surface area (Å²) in [5.41, 5.74) is -0.170. The van der Waals surface area contributed by atoms with Crippen molar-refractivity contribution < 1.29 is 18.1 Å². The number of nitrogens with zero attached hydrogens (tertiary/aromatic N) is 3. The number of piperazine rings is 1. The molecule has 0 atom stereocenters. The average molecular weight is 438 g/mol. The van der Waals surface area contributed by atoms with E-state index < -0.39 is 31.1 Å². The van der Waals surface area contributed by atoms with E-state index in [1.165, 1.54) is 6.07 Å². The van der Waals surface area contributed by atoms with E-state index in [9.17, 15) is 23.3 Å². The van der Waals surface area contributed by atoms with Gasteiger partial charge in [0.25, 0.3) is 11.6 Å². The van der Waals surface area contributed by atoms with Crippen molar-refractivity contribution in [3.05, 3.63) is 68.7 Å². The van der Waals surface area contributed by atoms with Crippen molar-refractivity contribution >= 4 is 33.0 Å². The molecular weight excluding hydrogens is 418 g/mol. The van der Waals surface area contributed by atoms with Crippen molar-refractivity contribution in [3.8, 4) is 0 Å². The van der Waals surface area contributed by atoms with E-state index in [2.05, 4.69) is 4.90 Å². The van der Waals surface area contributed by atoms with Crippen LogP contribution in [0.3, 0.4) is 0 Å². The molecule has 0 aromatic heterocycles. The van der Waals surface area contributed by atoms with Crippen LogP contribution in [0.2, 0.25) is 5.02 Å². The third-order valence-corrected chi connectivity index (χ3v) is 6.91. The van der Waals surface area contributed by atoms with Gasteiger partial charge in [0.05, 0.1) is 10.7 Å². The summed E-state index contributed by atoms with van der Waals surface area (Å²) < 4.78 is 25.7. The van der Waals surface area contributed by atoms with Crippen LogP contribution in [-0.2, 0) is 15.6 Å². The van der Waals surface area contributed by atoms with E-state index >= 15 is 0 Å². The second-order valence-corrected chi connectivity index (χ2v) is 9.25. The Bertz CT molecular complexity index is 1050. The highest BCUT2D eigenvalue weighted by Gasteiger charge is 2.29. The third-order valence-electron chi connectivity index (χ3n) is 4.83. The SMILES string of the molecule is CN1CCN(C(=O)c2ccc(S(=O)(=O)Cc3ccccc3Cl)c([N+](=O)[O-])c2)CC1. The number of nitro groups is 1. The second-order valence-electron chi connectivity index (χ2n) is 6.89. The molecule has 154 valence electrons. The number of halogens is 1. The summed E-state index contributed by atoms with van der Waals surface area (Å²) in [7, 11) is -2.09. The van der Waals surface area contributed by atoms with Gasteiger partial charge in [-0.1, -0.05) is 29.8 Å². The number of sulfone groups is 1. The van der Waals surface area contributed by atoms with Gasteiger partial charge >= 0.3 is 0 Å². The minimum Gasteiger partial charge on any atom is -0.336 e. The molecule has 1 amide bonds. The van der Waals surface area contributed by atoms with Gasteiger partial charge < -0.3 is 9.80 Å². The normalized spacial score (nSPS) is 15.3. The lowest BCUT2D eigenvalue weighted by Gasteiger charge is -2.32. The summed E-state index contributed by atoms with van der Waals surface area (Å²) >= 11 is 6.03. The Balaban J connectivity index is 1.93. The molecular formula is C19H20ClN3O5S. The van der Waals surface area contributed by atoms with Gasteiger partial charge in [-0.15, -0.1) is 0 Å². The maximum atomic E-state index is 12.8. The van der Waals surface area contributed by atoms with Gasteiger partial charge in [-0.05, 0) is 30.8 Å². The minimum atomic E-state index is -4.04. The van der Waals surface area contributed by atoms with Crippen LogP contribution in [0, 0.1) is 10.1 Å². The number of carbonyl (C=O) groups excluding carboxylic acids is 1. The van der Waals surface area contributed by atoms with E-state index in [-0.39, 0.29) is 16.5 Å². The minimum absolute atomic E-state index is 0.0953. The number of hydrogen-bond donors (Lipinski definition) is 0. The molecule has 2 aromatic rings. The van der Waals surface area contributed by atoms with Crippen LogP contribution in [0.1, 0.15) is 15.9 Å². The van der Waals surface area contributed by atoms with Crippen molar-refractivity contribution in [1.82, 2.24) is 9.80 Å². The van der Waals surface area contributed by atoms with Gasteiger partial charge in [-0.2, -0.15) is 0 Å². The first-order valence-electron chi connectivity index (χ1n) is 8.91. The van der Waals surface area contributed by atoms with Gasteiger partial charge in [-0.25, -0.2) is 8.42 Å². The number of hydrogen-bond acceptors (Lipinski definition) is 6. The van der Waals surface area contributed by atoms with E-state index in [1.54, 1.807) is 29.2 Å². The topological polar surface area (TPSA) is 101 Å². The second kappa shape index (κ2) is 8.48. The Morgan fingerprint density at radius 2 is 1.79 bits per heavy atom. The maximum Gasteiger partial charge on any atom is 0.288 e. The Labute approximate surface area is 173 Å². The predicted molar refractivity (Wildman–Crippen MR) is 109 cm³/mol. The molecule has 8 nitrogen and oxygen atoms in total. The monoisotopic (exact) mass is 437 g/mol. The van der Waals surface area contributed by atoms with Gasteiger partial charge in [-0.3, -0.25) is 14.9 Å². The maximum absolute atomic E-state index is 12.8. The van der Waals surface area contributed by atoms with Gasteiger partial charge in [0.2, 0.25) is 0 Å². The highest BCUT2D eigenvalue weighted by molar-refractivity contribution is 7.90. The zero-order valence-corrected chi connectivity index (χ0v) is 17.3. The lowest BCUT2D eigenvalue weighted by molar-refractivity contribution is -0.387. The fourth-order valence-corrected chi connectivity index (χ4v) is 4.97. The quantitative estimate of drug-likeness (QED) is 0.526. The zero-order valence-electron chi connectivity index (χ0n) is 15.7. The van der Waals surface area contributed by atoms with E-state index in [4.69, 9.17) is 11.6 Å². The first kappa shape index (κ1) is 21.2. The van der Waals surface area contributed by atoms with Gasteiger partial charge in [0, 0.05) is 42.8 Å². The smallest absolute Gasteiger partial charge is 0.288 e. The van der Waals surface area contributed by atoms with Crippen molar-refractivity contribution in [2.24, 2.45) is 0 Å². The summed E-state index contributed by atoms with van der Waals surface area (Å²) in [6, 6.07) is 9.92. The van der Waals surface area contributed by atoms with E-state index in [0.717, 1.165) is 12.1 Å². The lowest BCUT2D eigenvalue weighted by atomic mass is 10.1. The molecule has 10 heteroatoms. The largest absolute Gasteiger partial charge is 0.336 e. The fourth-order valence-electron chi connectivity index (χ4n) is 3.15. The molecule has 1 saturated heterocycles. The first-order chi connectivity index (χ1) is 13.7. The number of carbonyl (C=O) groups is 1. The Kier molecular flexibility index (Phi) is 6.21. The molecule has 0 radical (unpaired) electrons. The van der Waals surface area contributed by atoms with E-state index in [0.29, 0.717) is 31.7 Å². The fraction of sp³-hybridized carbons (Fsp3) is 0.316. The summed E-state index contributed by atoms with van der Waals surface area (Å²) in [6.45, 7) is 2.43. The highest BCUT2D eigenvalue weighted by Crippen LogP contribution is 2.30. The van der Waals surface area contributed by atoms with Crippen LogP contribution < -0.4 is 0 Å². The van der Waals surface area contributed by atoms with E-state index in [1.807, 2.05) is 7.05 Å². The number of likely N-dealkylation sites (N-methyl/N-ethyl adjacent to an activating group) is 1. The number of nitro benzene ring substituents is 1. The molecule has 1 heterocycles. The van der Waals surface area contributed by atoms with Crippen LogP contribution in [0.15, 0.2) is 47.4 Å². The summed E-state index contributed by atoms with van der Waals surface area (Å²) in [4.78, 5) is 26.7. The summed E-state index contributed by atoms with van der Waals surface area (Å²) in [5, 5.41) is 11.8. The zero-order chi connectivity index (χ0) is 21.2.